The summed E-state index contributed by atoms with van der Waals surface area (Å²) in [5, 5.41) is 14.3. The summed E-state index contributed by atoms with van der Waals surface area (Å²) >= 11 is 0. The van der Waals surface area contributed by atoms with Gasteiger partial charge >= 0.3 is 0 Å². The van der Waals surface area contributed by atoms with Crippen molar-refractivity contribution >= 4 is 0 Å². The molecule has 0 aromatic carbocycles. The van der Waals surface area contributed by atoms with Crippen LogP contribution in [0.15, 0.2) is 18.3 Å². The van der Waals surface area contributed by atoms with Crippen molar-refractivity contribution in [2.24, 2.45) is 7.05 Å². The molecule has 0 radical (unpaired) electrons. The number of aliphatic hydroxyl groups is 1. The van der Waals surface area contributed by atoms with Crippen LogP contribution in [0, 0.1) is 13.8 Å². The van der Waals surface area contributed by atoms with Gasteiger partial charge in [-0.2, -0.15) is 5.10 Å². The first kappa shape index (κ1) is 11.7. The highest BCUT2D eigenvalue weighted by molar-refractivity contribution is 5.13. The molecule has 0 saturated heterocycles. The molecular weight excluding hydrogens is 216 g/mol. The third-order valence-electron chi connectivity index (χ3n) is 2.64. The quantitative estimate of drug-likeness (QED) is 0.860. The second-order valence-electron chi connectivity index (χ2n) is 4.15. The Labute approximate surface area is 100 Å². The maximum absolute atomic E-state index is 10.1. The van der Waals surface area contributed by atoms with Crippen LogP contribution in [0.5, 0.6) is 0 Å². The van der Waals surface area contributed by atoms with E-state index in [1.807, 2.05) is 27.0 Å². The van der Waals surface area contributed by atoms with Crippen LogP contribution >= 0.6 is 0 Å². The highest BCUT2D eigenvalue weighted by Crippen LogP contribution is 2.16. The predicted octanol–water partition coefficient (Wildman–Crippen LogP) is 1.10. The molecule has 0 amide bonds. The molecule has 0 saturated carbocycles. The van der Waals surface area contributed by atoms with Crippen molar-refractivity contribution in [1.29, 1.82) is 0 Å². The van der Waals surface area contributed by atoms with Gasteiger partial charge in [0.1, 0.15) is 11.9 Å². The first-order chi connectivity index (χ1) is 8.06. The molecule has 17 heavy (non-hydrogen) atoms. The fraction of sp³-hybridized carbons (Fsp3) is 0.417. The Morgan fingerprint density at radius 1 is 1.41 bits per heavy atom. The standard InChI is InChI=1S/C12H16N4O/c1-8-6-10(16(3)15-8)7-12(17)11-4-5-13-9(2)14-11/h4-6,12,17H,7H2,1-3H3. The number of hydrogen-bond acceptors (Lipinski definition) is 4. The van der Waals surface area contributed by atoms with E-state index in [0.717, 1.165) is 11.4 Å². The molecule has 90 valence electrons. The third kappa shape index (κ3) is 2.68. The van der Waals surface area contributed by atoms with Crippen molar-refractivity contribution in [1.82, 2.24) is 19.7 Å². The van der Waals surface area contributed by atoms with E-state index in [-0.39, 0.29) is 0 Å². The molecule has 5 nitrogen and oxygen atoms in total. The zero-order chi connectivity index (χ0) is 12.4. The number of nitrogens with zero attached hydrogens (tertiary/aromatic N) is 4. The van der Waals surface area contributed by atoms with Gasteiger partial charge in [-0.05, 0) is 26.0 Å². The summed E-state index contributed by atoms with van der Waals surface area (Å²) < 4.78 is 1.78. The molecular formula is C12H16N4O. The van der Waals surface area contributed by atoms with Gasteiger partial charge in [0.2, 0.25) is 0 Å². The Morgan fingerprint density at radius 2 is 2.18 bits per heavy atom. The Hall–Kier alpha value is -1.75. The fourth-order valence-corrected chi connectivity index (χ4v) is 1.82. The smallest absolute Gasteiger partial charge is 0.125 e. The van der Waals surface area contributed by atoms with E-state index in [2.05, 4.69) is 15.1 Å². The van der Waals surface area contributed by atoms with Crippen LogP contribution < -0.4 is 0 Å². The van der Waals surface area contributed by atoms with E-state index in [4.69, 9.17) is 0 Å². The maximum Gasteiger partial charge on any atom is 0.125 e. The second kappa shape index (κ2) is 4.63. The van der Waals surface area contributed by atoms with E-state index in [1.54, 1.807) is 16.9 Å². The Kier molecular flexibility index (Phi) is 3.19. The minimum absolute atomic E-state index is 0.508. The number of aromatic nitrogens is 4. The summed E-state index contributed by atoms with van der Waals surface area (Å²) in [7, 11) is 1.88. The van der Waals surface area contributed by atoms with Crippen molar-refractivity contribution < 1.29 is 5.11 Å². The lowest BCUT2D eigenvalue weighted by Gasteiger charge is -2.10. The van der Waals surface area contributed by atoms with Crippen LogP contribution in [0.1, 0.15) is 29.0 Å². The van der Waals surface area contributed by atoms with Crippen molar-refractivity contribution in [2.45, 2.75) is 26.4 Å². The molecule has 2 rings (SSSR count). The topological polar surface area (TPSA) is 63.8 Å². The number of rotatable bonds is 3. The van der Waals surface area contributed by atoms with Crippen LogP contribution in [-0.4, -0.2) is 24.9 Å². The molecule has 1 unspecified atom stereocenters. The number of aryl methyl sites for hydroxylation is 3. The molecule has 2 aromatic rings. The molecule has 0 aliphatic rings. The first-order valence-corrected chi connectivity index (χ1v) is 5.53. The molecule has 0 fully saturated rings. The predicted molar refractivity (Wildman–Crippen MR) is 63.4 cm³/mol. The molecule has 1 N–H and O–H groups in total. The fourth-order valence-electron chi connectivity index (χ4n) is 1.82. The van der Waals surface area contributed by atoms with E-state index in [9.17, 15) is 5.11 Å². The van der Waals surface area contributed by atoms with Crippen molar-refractivity contribution in [2.75, 3.05) is 0 Å². The minimum Gasteiger partial charge on any atom is -0.386 e. The third-order valence-corrected chi connectivity index (χ3v) is 2.64. The molecule has 2 heterocycles. The van der Waals surface area contributed by atoms with Crippen molar-refractivity contribution in [3.63, 3.8) is 0 Å². The average Bonchev–Trinajstić information content (AvgIpc) is 2.57. The molecule has 0 aliphatic carbocycles. The summed E-state index contributed by atoms with van der Waals surface area (Å²) in [5.74, 6) is 0.669. The van der Waals surface area contributed by atoms with Gasteiger partial charge in [0.05, 0.1) is 11.4 Å². The SMILES string of the molecule is Cc1cc(CC(O)c2ccnc(C)n2)n(C)n1. The lowest BCUT2D eigenvalue weighted by Crippen LogP contribution is -2.08. The summed E-state index contributed by atoms with van der Waals surface area (Å²) in [5.41, 5.74) is 2.59. The van der Waals surface area contributed by atoms with Gasteiger partial charge in [-0.15, -0.1) is 0 Å². The molecule has 0 aliphatic heterocycles. The minimum atomic E-state index is -0.619. The zero-order valence-electron chi connectivity index (χ0n) is 10.3. The van der Waals surface area contributed by atoms with Crippen molar-refractivity contribution in [3.05, 3.63) is 41.2 Å². The van der Waals surface area contributed by atoms with Gasteiger partial charge in [0, 0.05) is 25.4 Å². The Morgan fingerprint density at radius 3 is 2.76 bits per heavy atom. The van der Waals surface area contributed by atoms with E-state index in [0.29, 0.717) is 17.9 Å². The Bertz CT molecular complexity index is 521. The molecule has 1 atom stereocenters. The van der Waals surface area contributed by atoms with E-state index in [1.165, 1.54) is 0 Å². The highest BCUT2D eigenvalue weighted by atomic mass is 16.3. The largest absolute Gasteiger partial charge is 0.386 e. The van der Waals surface area contributed by atoms with Gasteiger partial charge < -0.3 is 5.11 Å². The summed E-state index contributed by atoms with van der Waals surface area (Å²) in [6.45, 7) is 3.75. The molecule has 0 spiro atoms. The van der Waals surface area contributed by atoms with Crippen molar-refractivity contribution in [3.8, 4) is 0 Å². The highest BCUT2D eigenvalue weighted by Gasteiger charge is 2.13. The molecule has 2 aromatic heterocycles. The van der Waals surface area contributed by atoms with Crippen LogP contribution in [0.3, 0.4) is 0 Å². The van der Waals surface area contributed by atoms with Gasteiger partial charge in [0.15, 0.2) is 0 Å². The van der Waals surface area contributed by atoms with Gasteiger partial charge in [-0.25, -0.2) is 9.97 Å². The van der Waals surface area contributed by atoms with Gasteiger partial charge in [-0.3, -0.25) is 4.68 Å². The van der Waals surface area contributed by atoms with Gasteiger partial charge in [0.25, 0.3) is 0 Å². The lowest BCUT2D eigenvalue weighted by molar-refractivity contribution is 0.170. The second-order valence-corrected chi connectivity index (χ2v) is 4.15. The van der Waals surface area contributed by atoms with Crippen LogP contribution in [0.25, 0.3) is 0 Å². The normalized spacial score (nSPS) is 12.7. The zero-order valence-corrected chi connectivity index (χ0v) is 10.3. The van der Waals surface area contributed by atoms with Crippen LogP contribution in [-0.2, 0) is 13.5 Å². The van der Waals surface area contributed by atoms with E-state index < -0.39 is 6.10 Å². The molecule has 5 heteroatoms. The molecule has 0 bridgehead atoms. The summed E-state index contributed by atoms with van der Waals surface area (Å²) in [4.78, 5) is 8.23. The lowest BCUT2D eigenvalue weighted by atomic mass is 10.1. The summed E-state index contributed by atoms with van der Waals surface area (Å²) in [6.07, 6.45) is 1.55. The van der Waals surface area contributed by atoms with E-state index >= 15 is 0 Å². The average molecular weight is 232 g/mol. The summed E-state index contributed by atoms with van der Waals surface area (Å²) in [6, 6.07) is 3.71. The first-order valence-electron chi connectivity index (χ1n) is 5.53. The number of hydrogen-bond donors (Lipinski definition) is 1. The van der Waals surface area contributed by atoms with Crippen LogP contribution in [0.2, 0.25) is 0 Å². The Balaban J connectivity index is 2.16. The van der Waals surface area contributed by atoms with Crippen LogP contribution in [0.4, 0.5) is 0 Å². The maximum atomic E-state index is 10.1. The number of aliphatic hydroxyl groups excluding tert-OH is 1. The van der Waals surface area contributed by atoms with Gasteiger partial charge in [-0.1, -0.05) is 0 Å². The monoisotopic (exact) mass is 232 g/mol.